The Kier molecular flexibility index (Phi) is 1.81. The molecule has 0 spiro atoms. The Hall–Kier alpha value is -1.35. The molecule has 1 aromatic heterocycles. The minimum absolute atomic E-state index is 0.203. The average Bonchev–Trinajstić information content (AvgIpc) is 2.15. The van der Waals surface area contributed by atoms with Crippen LogP contribution in [0.5, 0.6) is 0 Å². The topological polar surface area (TPSA) is 30.2 Å². The van der Waals surface area contributed by atoms with Crippen LogP contribution in [-0.4, -0.2) is 0 Å². The van der Waals surface area contributed by atoms with Gasteiger partial charge in [-0.05, 0) is 12.1 Å². The summed E-state index contributed by atoms with van der Waals surface area (Å²) in [4.78, 5) is 10.9. The summed E-state index contributed by atoms with van der Waals surface area (Å²) in [7, 11) is 0. The molecule has 0 fully saturated rings. The molecule has 1 aromatic carbocycles. The molecule has 0 N–H and O–H groups in total. The van der Waals surface area contributed by atoms with E-state index in [0.717, 1.165) is 0 Å². The number of hydrogen-bond donors (Lipinski definition) is 0. The number of fused-ring (bicyclic) bond motifs is 1. The van der Waals surface area contributed by atoms with Crippen LogP contribution in [0.2, 0.25) is 5.02 Å². The van der Waals surface area contributed by atoms with E-state index in [1.54, 1.807) is 12.1 Å². The van der Waals surface area contributed by atoms with Gasteiger partial charge in [0.15, 0.2) is 10.8 Å². The second-order valence-corrected chi connectivity index (χ2v) is 2.89. The fourth-order valence-corrected chi connectivity index (χ4v) is 1.23. The van der Waals surface area contributed by atoms with Gasteiger partial charge in [0.2, 0.25) is 0 Å². The highest BCUT2D eigenvalue weighted by molar-refractivity contribution is 6.31. The zero-order chi connectivity index (χ0) is 9.42. The zero-order valence-corrected chi connectivity index (χ0v) is 7.14. The van der Waals surface area contributed by atoms with Gasteiger partial charge >= 0.3 is 5.63 Å². The lowest BCUT2D eigenvalue weighted by Gasteiger charge is -1.97. The first-order valence-corrected chi connectivity index (χ1v) is 3.95. The van der Waals surface area contributed by atoms with Gasteiger partial charge in [-0.1, -0.05) is 23.7 Å². The largest absolute Gasteiger partial charge is 0.421 e. The molecule has 4 heteroatoms. The Morgan fingerprint density at radius 1 is 1.31 bits per heavy atom. The molecule has 0 radical (unpaired) electrons. The van der Waals surface area contributed by atoms with Crippen LogP contribution in [0.3, 0.4) is 0 Å². The van der Waals surface area contributed by atoms with E-state index in [2.05, 4.69) is 0 Å². The average molecular weight is 199 g/mol. The summed E-state index contributed by atoms with van der Waals surface area (Å²) in [6.07, 6.45) is 0. The molecule has 1 heterocycles. The van der Waals surface area contributed by atoms with Crippen molar-refractivity contribution >= 4 is 22.6 Å². The number of halogens is 2. The Morgan fingerprint density at radius 3 is 2.77 bits per heavy atom. The van der Waals surface area contributed by atoms with Crippen LogP contribution in [0.1, 0.15) is 0 Å². The summed E-state index contributed by atoms with van der Waals surface area (Å²) in [5, 5.41) is -0.286. The van der Waals surface area contributed by atoms with Gasteiger partial charge in [0.1, 0.15) is 5.58 Å². The second kappa shape index (κ2) is 2.85. The van der Waals surface area contributed by atoms with Crippen LogP contribution in [0, 0.1) is 5.82 Å². The van der Waals surface area contributed by atoms with E-state index in [1.807, 2.05) is 0 Å². The molecule has 0 amide bonds. The van der Waals surface area contributed by atoms with Crippen molar-refractivity contribution in [1.82, 2.24) is 0 Å². The van der Waals surface area contributed by atoms with Crippen LogP contribution >= 0.6 is 11.6 Å². The van der Waals surface area contributed by atoms with Gasteiger partial charge in [-0.3, -0.25) is 0 Å². The first-order valence-electron chi connectivity index (χ1n) is 3.57. The summed E-state index contributed by atoms with van der Waals surface area (Å²) >= 11 is 5.38. The highest BCUT2D eigenvalue weighted by Gasteiger charge is 2.10. The highest BCUT2D eigenvalue weighted by atomic mass is 35.5. The smallest absolute Gasteiger partial charge is 0.358 e. The van der Waals surface area contributed by atoms with Gasteiger partial charge < -0.3 is 4.42 Å². The maximum atomic E-state index is 13.3. The first-order chi connectivity index (χ1) is 6.20. The van der Waals surface area contributed by atoms with E-state index in [0.29, 0.717) is 0 Å². The van der Waals surface area contributed by atoms with Crippen molar-refractivity contribution in [2.45, 2.75) is 0 Å². The van der Waals surface area contributed by atoms with Crippen LogP contribution < -0.4 is 5.63 Å². The maximum absolute atomic E-state index is 13.3. The first kappa shape index (κ1) is 8.26. The van der Waals surface area contributed by atoms with Crippen molar-refractivity contribution in [2.24, 2.45) is 0 Å². The van der Waals surface area contributed by atoms with Gasteiger partial charge in [0.05, 0.1) is 5.39 Å². The van der Waals surface area contributed by atoms with Crippen molar-refractivity contribution in [1.29, 1.82) is 0 Å². The summed E-state index contributed by atoms with van der Waals surface area (Å²) < 4.78 is 18.0. The van der Waals surface area contributed by atoms with Crippen molar-refractivity contribution in [2.75, 3.05) is 0 Å². The summed E-state index contributed by atoms with van der Waals surface area (Å²) in [5.41, 5.74) is -0.646. The Bertz CT molecular complexity index is 518. The van der Waals surface area contributed by atoms with E-state index < -0.39 is 16.5 Å². The molecule has 0 saturated heterocycles. The van der Waals surface area contributed by atoms with Crippen LogP contribution in [0.15, 0.2) is 33.5 Å². The quantitative estimate of drug-likeness (QED) is 0.609. The predicted molar refractivity (Wildman–Crippen MR) is 47.5 cm³/mol. The molecule has 2 rings (SSSR count). The second-order valence-electron chi connectivity index (χ2n) is 2.51. The Morgan fingerprint density at radius 2 is 2.00 bits per heavy atom. The Balaban J connectivity index is 3.02. The predicted octanol–water partition coefficient (Wildman–Crippen LogP) is 2.59. The summed E-state index contributed by atoms with van der Waals surface area (Å²) in [6.45, 7) is 0. The monoisotopic (exact) mass is 198 g/mol. The number of para-hydroxylation sites is 1. The van der Waals surface area contributed by atoms with E-state index in [4.69, 9.17) is 16.0 Å². The van der Waals surface area contributed by atoms with E-state index in [1.165, 1.54) is 12.1 Å². The minimum atomic E-state index is -0.849. The standard InChI is InChI=1S/C9H4ClFO2/c10-7-8(11)5-3-1-2-4-6(5)13-9(7)12/h1-4H. The molecule has 66 valence electrons. The summed E-state index contributed by atoms with van der Waals surface area (Å²) in [5.74, 6) is -0.728. The molecule has 0 aliphatic carbocycles. The molecule has 0 atom stereocenters. The van der Waals surface area contributed by atoms with Crippen LogP contribution in [0.25, 0.3) is 11.0 Å². The lowest BCUT2D eigenvalue weighted by Crippen LogP contribution is -2.02. The van der Waals surface area contributed by atoms with Crippen molar-refractivity contribution in [3.63, 3.8) is 0 Å². The van der Waals surface area contributed by atoms with Crippen molar-refractivity contribution in [3.05, 3.63) is 45.5 Å². The number of rotatable bonds is 0. The van der Waals surface area contributed by atoms with E-state index >= 15 is 0 Å². The minimum Gasteiger partial charge on any atom is -0.421 e. The third-order valence-corrected chi connectivity index (χ3v) is 2.02. The lowest BCUT2D eigenvalue weighted by molar-refractivity contribution is 0.539. The van der Waals surface area contributed by atoms with Gasteiger partial charge in [-0.25, -0.2) is 9.18 Å². The summed E-state index contributed by atoms with van der Waals surface area (Å²) in [6, 6.07) is 6.30. The van der Waals surface area contributed by atoms with Crippen LogP contribution in [0.4, 0.5) is 4.39 Å². The third kappa shape index (κ3) is 1.21. The molecule has 0 bridgehead atoms. The van der Waals surface area contributed by atoms with Crippen LogP contribution in [-0.2, 0) is 0 Å². The third-order valence-electron chi connectivity index (χ3n) is 1.70. The molecule has 0 aliphatic heterocycles. The Labute approximate surface area is 77.5 Å². The number of hydrogen-bond acceptors (Lipinski definition) is 2. The number of benzene rings is 1. The molecular formula is C9H4ClFO2. The van der Waals surface area contributed by atoms with E-state index in [9.17, 15) is 9.18 Å². The van der Waals surface area contributed by atoms with Gasteiger partial charge in [0, 0.05) is 0 Å². The molecular weight excluding hydrogens is 195 g/mol. The van der Waals surface area contributed by atoms with Gasteiger partial charge in [-0.15, -0.1) is 0 Å². The molecule has 0 saturated carbocycles. The SMILES string of the molecule is O=c1oc2ccccc2c(F)c1Cl. The van der Waals surface area contributed by atoms with E-state index in [-0.39, 0.29) is 11.0 Å². The molecule has 0 aliphatic rings. The fourth-order valence-electron chi connectivity index (χ4n) is 1.09. The van der Waals surface area contributed by atoms with Gasteiger partial charge in [-0.2, -0.15) is 0 Å². The molecule has 2 nitrogen and oxygen atoms in total. The normalized spacial score (nSPS) is 10.6. The zero-order valence-electron chi connectivity index (χ0n) is 6.38. The van der Waals surface area contributed by atoms with Crippen molar-refractivity contribution < 1.29 is 8.81 Å². The fraction of sp³-hybridized carbons (Fsp3) is 0. The molecule has 13 heavy (non-hydrogen) atoms. The van der Waals surface area contributed by atoms with Gasteiger partial charge in [0.25, 0.3) is 0 Å². The lowest BCUT2D eigenvalue weighted by atomic mass is 10.2. The van der Waals surface area contributed by atoms with Crippen molar-refractivity contribution in [3.8, 4) is 0 Å². The highest BCUT2D eigenvalue weighted by Crippen LogP contribution is 2.20. The molecule has 0 unspecified atom stereocenters. The molecule has 2 aromatic rings. The maximum Gasteiger partial charge on any atom is 0.358 e.